The Bertz CT molecular complexity index is 869. The molecular weight excluding hydrogens is 302 g/mol. The van der Waals surface area contributed by atoms with E-state index in [0.29, 0.717) is 11.3 Å². The lowest BCUT2D eigenvalue weighted by atomic mass is 10.1. The zero-order chi connectivity index (χ0) is 17.3. The molecule has 0 aliphatic heterocycles. The van der Waals surface area contributed by atoms with Gasteiger partial charge in [-0.3, -0.25) is 4.40 Å². The molecule has 1 aromatic carbocycles. The fraction of sp³-hybridized carbons (Fsp3) is 0.263. The molecule has 0 unspecified atom stereocenters. The highest BCUT2D eigenvalue weighted by atomic mass is 16.4. The lowest BCUT2D eigenvalue weighted by Crippen LogP contribution is -2.30. The van der Waals surface area contributed by atoms with Crippen LogP contribution in [-0.4, -0.2) is 26.5 Å². The van der Waals surface area contributed by atoms with Crippen LogP contribution in [0.15, 0.2) is 48.7 Å². The molecule has 2 heterocycles. The van der Waals surface area contributed by atoms with Crippen molar-refractivity contribution in [1.82, 2.24) is 9.38 Å². The van der Waals surface area contributed by atoms with Crippen molar-refractivity contribution in [3.8, 4) is 0 Å². The second-order valence-corrected chi connectivity index (χ2v) is 6.17. The Balaban J connectivity index is 2.05. The number of aromatic nitrogens is 2. The molecule has 0 bridgehead atoms. The molecule has 0 radical (unpaired) electrons. The van der Waals surface area contributed by atoms with Gasteiger partial charge in [0.1, 0.15) is 5.65 Å². The maximum absolute atomic E-state index is 11.5. The highest BCUT2D eigenvalue weighted by Gasteiger charge is 2.18. The van der Waals surface area contributed by atoms with E-state index in [-0.39, 0.29) is 11.7 Å². The molecule has 3 aromatic rings. The number of hydrogen-bond acceptors (Lipinski definition) is 3. The molecule has 0 amide bonds. The van der Waals surface area contributed by atoms with Gasteiger partial charge in [-0.1, -0.05) is 30.3 Å². The Morgan fingerprint density at radius 3 is 2.54 bits per heavy atom. The molecule has 0 spiro atoms. The topological polar surface area (TPSA) is 57.8 Å². The normalized spacial score (nSPS) is 11.2. The summed E-state index contributed by atoms with van der Waals surface area (Å²) in [6.07, 6.45) is 1.86. The molecule has 0 aliphatic rings. The van der Waals surface area contributed by atoms with E-state index in [1.54, 1.807) is 11.3 Å². The van der Waals surface area contributed by atoms with E-state index in [9.17, 15) is 9.90 Å². The molecule has 1 N–H and O–H groups in total. The van der Waals surface area contributed by atoms with Crippen LogP contribution >= 0.6 is 0 Å². The van der Waals surface area contributed by atoms with Crippen LogP contribution < -0.4 is 4.90 Å². The minimum Gasteiger partial charge on any atom is -0.477 e. The van der Waals surface area contributed by atoms with Crippen molar-refractivity contribution >= 4 is 17.3 Å². The minimum atomic E-state index is -0.962. The van der Waals surface area contributed by atoms with Gasteiger partial charge in [0, 0.05) is 18.8 Å². The lowest BCUT2D eigenvalue weighted by molar-refractivity contribution is 0.0688. The second-order valence-electron chi connectivity index (χ2n) is 6.17. The summed E-state index contributed by atoms with van der Waals surface area (Å²) >= 11 is 0. The van der Waals surface area contributed by atoms with Crippen LogP contribution in [0.4, 0.5) is 5.69 Å². The Morgan fingerprint density at radius 2 is 1.92 bits per heavy atom. The summed E-state index contributed by atoms with van der Waals surface area (Å²) in [6, 6.07) is 14.4. The average Bonchev–Trinajstić information content (AvgIpc) is 2.88. The fourth-order valence-electron chi connectivity index (χ4n) is 2.93. The quantitative estimate of drug-likeness (QED) is 0.777. The molecule has 24 heavy (non-hydrogen) atoms. The number of aryl methyl sites for hydroxylation is 1. The highest BCUT2D eigenvalue weighted by Crippen LogP contribution is 2.23. The smallest absolute Gasteiger partial charge is 0.354 e. The minimum absolute atomic E-state index is 0.218. The number of rotatable bonds is 5. The largest absolute Gasteiger partial charge is 0.477 e. The van der Waals surface area contributed by atoms with Crippen LogP contribution in [-0.2, 0) is 6.54 Å². The molecular formula is C19H21N3O2. The van der Waals surface area contributed by atoms with Gasteiger partial charge < -0.3 is 10.0 Å². The number of hydrogen-bond donors (Lipinski definition) is 1. The standard InChI is InChI=1S/C19H21N3O2/c1-13(2)21(11-15-7-5-4-6-8-15)16-9-10-17-20-14(3)18(19(23)24)22(17)12-16/h4-10,12-13H,11H2,1-3H3,(H,23,24). The molecule has 124 valence electrons. The molecule has 3 rings (SSSR count). The Morgan fingerprint density at radius 1 is 1.21 bits per heavy atom. The summed E-state index contributed by atoms with van der Waals surface area (Å²) in [5.74, 6) is -0.962. The third-order valence-electron chi connectivity index (χ3n) is 4.13. The van der Waals surface area contributed by atoms with Gasteiger partial charge in [-0.15, -0.1) is 0 Å². The van der Waals surface area contributed by atoms with Crippen LogP contribution in [0.1, 0.15) is 35.6 Å². The first-order valence-corrected chi connectivity index (χ1v) is 8.00. The number of fused-ring (bicyclic) bond motifs is 1. The van der Waals surface area contributed by atoms with Gasteiger partial charge in [-0.05, 0) is 38.5 Å². The van der Waals surface area contributed by atoms with Crippen molar-refractivity contribution in [2.75, 3.05) is 4.90 Å². The van der Waals surface area contributed by atoms with Crippen molar-refractivity contribution in [3.63, 3.8) is 0 Å². The number of benzene rings is 1. The van der Waals surface area contributed by atoms with E-state index in [4.69, 9.17) is 0 Å². The summed E-state index contributed by atoms with van der Waals surface area (Å²) in [4.78, 5) is 18.1. The van der Waals surface area contributed by atoms with E-state index in [1.807, 2.05) is 36.5 Å². The molecule has 5 nitrogen and oxygen atoms in total. The number of carbonyl (C=O) groups is 1. The summed E-state index contributed by atoms with van der Waals surface area (Å²) < 4.78 is 1.66. The van der Waals surface area contributed by atoms with Gasteiger partial charge in [0.2, 0.25) is 0 Å². The van der Waals surface area contributed by atoms with E-state index < -0.39 is 5.97 Å². The van der Waals surface area contributed by atoms with Crippen LogP contribution in [0, 0.1) is 6.92 Å². The Labute approximate surface area is 141 Å². The van der Waals surface area contributed by atoms with Crippen molar-refractivity contribution < 1.29 is 9.90 Å². The van der Waals surface area contributed by atoms with Gasteiger partial charge >= 0.3 is 5.97 Å². The monoisotopic (exact) mass is 323 g/mol. The molecule has 0 atom stereocenters. The number of aromatic carboxylic acids is 1. The first-order chi connectivity index (χ1) is 11.5. The van der Waals surface area contributed by atoms with Crippen LogP contribution in [0.5, 0.6) is 0 Å². The van der Waals surface area contributed by atoms with E-state index in [0.717, 1.165) is 12.2 Å². The first kappa shape index (κ1) is 16.1. The zero-order valence-electron chi connectivity index (χ0n) is 14.1. The fourth-order valence-corrected chi connectivity index (χ4v) is 2.93. The SMILES string of the molecule is Cc1nc2ccc(N(Cc3ccccc3)C(C)C)cn2c1C(=O)O. The summed E-state index contributed by atoms with van der Waals surface area (Å²) in [5, 5.41) is 9.45. The molecule has 2 aromatic heterocycles. The van der Waals surface area contributed by atoms with Gasteiger partial charge in [0.05, 0.1) is 11.4 Å². The summed E-state index contributed by atoms with van der Waals surface area (Å²) in [6.45, 7) is 6.75. The maximum Gasteiger partial charge on any atom is 0.354 e. The van der Waals surface area contributed by atoms with E-state index in [2.05, 4.69) is 35.9 Å². The molecule has 0 aliphatic carbocycles. The summed E-state index contributed by atoms with van der Waals surface area (Å²) in [7, 11) is 0. The Kier molecular flexibility index (Phi) is 4.25. The molecule has 0 fully saturated rings. The van der Waals surface area contributed by atoms with Gasteiger partial charge in [0.25, 0.3) is 0 Å². The van der Waals surface area contributed by atoms with Gasteiger partial charge in [-0.25, -0.2) is 9.78 Å². The predicted octanol–water partition coefficient (Wildman–Crippen LogP) is 3.76. The van der Waals surface area contributed by atoms with E-state index in [1.165, 1.54) is 5.56 Å². The van der Waals surface area contributed by atoms with Crippen molar-refractivity contribution in [2.24, 2.45) is 0 Å². The number of imidazole rings is 1. The van der Waals surface area contributed by atoms with Crippen LogP contribution in [0.3, 0.4) is 0 Å². The van der Waals surface area contributed by atoms with Gasteiger partial charge in [-0.2, -0.15) is 0 Å². The second kappa shape index (κ2) is 6.35. The van der Waals surface area contributed by atoms with Crippen molar-refractivity contribution in [2.45, 2.75) is 33.4 Å². The Hall–Kier alpha value is -2.82. The molecule has 0 saturated carbocycles. The number of carboxylic acid groups (broad SMARTS) is 1. The molecule has 0 saturated heterocycles. The van der Waals surface area contributed by atoms with Crippen LogP contribution in [0.2, 0.25) is 0 Å². The lowest BCUT2D eigenvalue weighted by Gasteiger charge is -2.29. The zero-order valence-corrected chi connectivity index (χ0v) is 14.1. The number of anilines is 1. The van der Waals surface area contributed by atoms with E-state index >= 15 is 0 Å². The number of pyridine rings is 1. The molecule has 5 heteroatoms. The maximum atomic E-state index is 11.5. The number of nitrogens with zero attached hydrogens (tertiary/aromatic N) is 3. The summed E-state index contributed by atoms with van der Waals surface area (Å²) in [5.41, 5.74) is 3.58. The number of carboxylic acids is 1. The van der Waals surface area contributed by atoms with Crippen molar-refractivity contribution in [1.29, 1.82) is 0 Å². The predicted molar refractivity (Wildman–Crippen MR) is 94.6 cm³/mol. The average molecular weight is 323 g/mol. The van der Waals surface area contributed by atoms with Crippen molar-refractivity contribution in [3.05, 3.63) is 65.6 Å². The highest BCUT2D eigenvalue weighted by molar-refractivity contribution is 5.88. The van der Waals surface area contributed by atoms with Gasteiger partial charge in [0.15, 0.2) is 5.69 Å². The van der Waals surface area contributed by atoms with Crippen LogP contribution in [0.25, 0.3) is 5.65 Å². The first-order valence-electron chi connectivity index (χ1n) is 8.00. The third-order valence-corrected chi connectivity index (χ3v) is 4.13. The third kappa shape index (κ3) is 2.97.